The second-order valence-electron chi connectivity index (χ2n) is 4.46. The van der Waals surface area contributed by atoms with Crippen molar-refractivity contribution in [3.63, 3.8) is 0 Å². The lowest BCUT2D eigenvalue weighted by Crippen LogP contribution is -2.54. The molecule has 1 aromatic rings. The van der Waals surface area contributed by atoms with Gasteiger partial charge in [0.05, 0.1) is 12.8 Å². The van der Waals surface area contributed by atoms with E-state index in [0.29, 0.717) is 13.2 Å². The molecule has 2 heterocycles. The molecule has 1 fully saturated rings. The highest BCUT2D eigenvalue weighted by Gasteiger charge is 2.29. The van der Waals surface area contributed by atoms with Crippen molar-refractivity contribution in [3.8, 4) is 0 Å². The van der Waals surface area contributed by atoms with Crippen LogP contribution in [0.5, 0.6) is 0 Å². The lowest BCUT2D eigenvalue weighted by Gasteiger charge is -2.34. The van der Waals surface area contributed by atoms with E-state index in [1.54, 1.807) is 4.68 Å². The average molecular weight is 252 g/mol. The highest BCUT2D eigenvalue weighted by atomic mass is 16.5. The predicted octanol–water partition coefficient (Wildman–Crippen LogP) is -0.243. The first-order valence-corrected chi connectivity index (χ1v) is 6.29. The molecule has 1 aliphatic rings. The molecule has 0 radical (unpaired) electrons. The number of hydrogen-bond donors (Lipinski definition) is 1. The standard InChI is InChI=1S/C12H20N4O2/c1-3-18-12(17)11-7-13-4-5-16(11)9-10-6-14-15(2)8-10/h6,8,11,13H,3-5,7,9H2,1-2H3. The van der Waals surface area contributed by atoms with Crippen molar-refractivity contribution in [2.45, 2.75) is 19.5 Å². The first-order valence-electron chi connectivity index (χ1n) is 6.29. The molecule has 0 bridgehead atoms. The Kier molecular flexibility index (Phi) is 4.33. The Morgan fingerprint density at radius 2 is 2.50 bits per heavy atom. The molecule has 1 unspecified atom stereocenters. The number of hydrogen-bond acceptors (Lipinski definition) is 5. The summed E-state index contributed by atoms with van der Waals surface area (Å²) in [4.78, 5) is 14.0. The zero-order chi connectivity index (χ0) is 13.0. The molecule has 100 valence electrons. The summed E-state index contributed by atoms with van der Waals surface area (Å²) in [5.74, 6) is -0.145. The van der Waals surface area contributed by atoms with Crippen molar-refractivity contribution in [3.05, 3.63) is 18.0 Å². The van der Waals surface area contributed by atoms with Gasteiger partial charge < -0.3 is 10.1 Å². The van der Waals surface area contributed by atoms with E-state index in [1.807, 2.05) is 26.4 Å². The number of piperazine rings is 1. The molecule has 1 N–H and O–H groups in total. The lowest BCUT2D eigenvalue weighted by molar-refractivity contribution is -0.150. The number of rotatable bonds is 4. The third-order valence-corrected chi connectivity index (χ3v) is 3.06. The molecular weight excluding hydrogens is 232 g/mol. The summed E-state index contributed by atoms with van der Waals surface area (Å²) in [7, 11) is 1.89. The zero-order valence-electron chi connectivity index (χ0n) is 10.9. The Morgan fingerprint density at radius 1 is 1.67 bits per heavy atom. The molecule has 0 amide bonds. The number of esters is 1. The van der Waals surface area contributed by atoms with Crippen LogP contribution in [0.25, 0.3) is 0 Å². The minimum absolute atomic E-state index is 0.145. The van der Waals surface area contributed by atoms with Gasteiger partial charge in [0.2, 0.25) is 0 Å². The summed E-state index contributed by atoms with van der Waals surface area (Å²) in [6.45, 7) is 5.39. The molecule has 2 rings (SSSR count). The Labute approximate surface area is 107 Å². The van der Waals surface area contributed by atoms with Gasteiger partial charge in [-0.2, -0.15) is 5.10 Å². The Morgan fingerprint density at radius 3 is 3.17 bits per heavy atom. The molecule has 18 heavy (non-hydrogen) atoms. The second kappa shape index (κ2) is 5.97. The molecule has 0 aromatic carbocycles. The number of carbonyl (C=O) groups is 1. The molecule has 1 aromatic heterocycles. The van der Waals surface area contributed by atoms with E-state index in [4.69, 9.17) is 4.74 Å². The summed E-state index contributed by atoms with van der Waals surface area (Å²) in [6.07, 6.45) is 3.81. The maximum atomic E-state index is 11.9. The topological polar surface area (TPSA) is 59.4 Å². The van der Waals surface area contributed by atoms with Gasteiger partial charge in [0, 0.05) is 45.0 Å². The first kappa shape index (κ1) is 13.0. The predicted molar refractivity (Wildman–Crippen MR) is 66.9 cm³/mol. The number of aryl methyl sites for hydroxylation is 1. The van der Waals surface area contributed by atoms with Crippen molar-refractivity contribution >= 4 is 5.97 Å². The summed E-state index contributed by atoms with van der Waals surface area (Å²) < 4.78 is 6.89. The lowest BCUT2D eigenvalue weighted by atomic mass is 10.1. The molecule has 6 heteroatoms. The van der Waals surface area contributed by atoms with Crippen molar-refractivity contribution < 1.29 is 9.53 Å². The SMILES string of the molecule is CCOC(=O)C1CNCCN1Cc1cnn(C)c1. The van der Waals surface area contributed by atoms with E-state index in [-0.39, 0.29) is 12.0 Å². The van der Waals surface area contributed by atoms with Gasteiger partial charge in [-0.1, -0.05) is 0 Å². The van der Waals surface area contributed by atoms with E-state index >= 15 is 0 Å². The molecule has 6 nitrogen and oxygen atoms in total. The summed E-state index contributed by atoms with van der Waals surface area (Å²) in [5.41, 5.74) is 1.12. The Balaban J connectivity index is 2.01. The van der Waals surface area contributed by atoms with Gasteiger partial charge in [0.25, 0.3) is 0 Å². The molecule has 0 saturated carbocycles. The second-order valence-corrected chi connectivity index (χ2v) is 4.46. The van der Waals surface area contributed by atoms with Gasteiger partial charge in [-0.05, 0) is 6.92 Å². The van der Waals surface area contributed by atoms with Crippen molar-refractivity contribution in [2.24, 2.45) is 7.05 Å². The number of aromatic nitrogens is 2. The monoisotopic (exact) mass is 252 g/mol. The fourth-order valence-electron chi connectivity index (χ4n) is 2.19. The van der Waals surface area contributed by atoms with E-state index < -0.39 is 0 Å². The van der Waals surface area contributed by atoms with Gasteiger partial charge in [0.1, 0.15) is 6.04 Å². The van der Waals surface area contributed by atoms with Crippen LogP contribution >= 0.6 is 0 Å². The molecule has 1 aliphatic heterocycles. The van der Waals surface area contributed by atoms with Crippen LogP contribution in [0.15, 0.2) is 12.4 Å². The number of nitrogens with zero attached hydrogens (tertiary/aromatic N) is 3. The number of carbonyl (C=O) groups excluding carboxylic acids is 1. The maximum Gasteiger partial charge on any atom is 0.324 e. The van der Waals surface area contributed by atoms with E-state index in [0.717, 1.165) is 25.2 Å². The summed E-state index contributed by atoms with van der Waals surface area (Å²) >= 11 is 0. The number of ether oxygens (including phenoxy) is 1. The fraction of sp³-hybridized carbons (Fsp3) is 0.667. The van der Waals surface area contributed by atoms with Gasteiger partial charge in [-0.15, -0.1) is 0 Å². The zero-order valence-corrected chi connectivity index (χ0v) is 10.9. The van der Waals surface area contributed by atoms with Crippen molar-refractivity contribution in [1.29, 1.82) is 0 Å². The summed E-state index contributed by atoms with van der Waals surface area (Å²) in [5, 5.41) is 7.38. The molecule has 1 atom stereocenters. The van der Waals surface area contributed by atoms with Crippen LogP contribution in [-0.2, 0) is 23.1 Å². The highest BCUT2D eigenvalue weighted by Crippen LogP contribution is 2.11. The first-order chi connectivity index (χ1) is 8.70. The van der Waals surface area contributed by atoms with Crippen molar-refractivity contribution in [1.82, 2.24) is 20.0 Å². The quantitative estimate of drug-likeness (QED) is 0.749. The van der Waals surface area contributed by atoms with Crippen LogP contribution in [0, 0.1) is 0 Å². The smallest absolute Gasteiger partial charge is 0.324 e. The third-order valence-electron chi connectivity index (χ3n) is 3.06. The maximum absolute atomic E-state index is 11.9. The van der Waals surface area contributed by atoms with Crippen LogP contribution in [0.4, 0.5) is 0 Å². The van der Waals surface area contributed by atoms with Crippen LogP contribution in [0.2, 0.25) is 0 Å². The normalized spacial score (nSPS) is 20.9. The molecule has 1 saturated heterocycles. The largest absolute Gasteiger partial charge is 0.465 e. The fourth-order valence-corrected chi connectivity index (χ4v) is 2.19. The van der Waals surface area contributed by atoms with Gasteiger partial charge in [0.15, 0.2) is 0 Å². The van der Waals surface area contributed by atoms with E-state index in [1.165, 1.54) is 0 Å². The van der Waals surface area contributed by atoms with Gasteiger partial charge >= 0.3 is 5.97 Å². The van der Waals surface area contributed by atoms with Crippen LogP contribution < -0.4 is 5.32 Å². The average Bonchev–Trinajstić information content (AvgIpc) is 2.76. The minimum atomic E-state index is -0.195. The van der Waals surface area contributed by atoms with Crippen LogP contribution in [0.3, 0.4) is 0 Å². The summed E-state index contributed by atoms with van der Waals surface area (Å²) in [6, 6.07) is -0.195. The Hall–Kier alpha value is -1.40. The van der Waals surface area contributed by atoms with Gasteiger partial charge in [-0.25, -0.2) is 0 Å². The minimum Gasteiger partial charge on any atom is -0.465 e. The van der Waals surface area contributed by atoms with Crippen molar-refractivity contribution in [2.75, 3.05) is 26.2 Å². The third kappa shape index (κ3) is 3.08. The highest BCUT2D eigenvalue weighted by molar-refractivity contribution is 5.76. The van der Waals surface area contributed by atoms with Crippen LogP contribution in [-0.4, -0.2) is 52.9 Å². The number of nitrogens with one attached hydrogen (secondary N) is 1. The van der Waals surface area contributed by atoms with E-state index in [2.05, 4.69) is 15.3 Å². The Bertz CT molecular complexity index is 405. The van der Waals surface area contributed by atoms with Crippen LogP contribution in [0.1, 0.15) is 12.5 Å². The van der Waals surface area contributed by atoms with E-state index in [9.17, 15) is 4.79 Å². The molecule has 0 spiro atoms. The molecular formula is C12H20N4O2. The van der Waals surface area contributed by atoms with Gasteiger partial charge in [-0.3, -0.25) is 14.4 Å². The molecule has 0 aliphatic carbocycles.